The summed E-state index contributed by atoms with van der Waals surface area (Å²) in [5.41, 5.74) is 3.34. The summed E-state index contributed by atoms with van der Waals surface area (Å²) in [7, 11) is 0. The molecule has 1 saturated heterocycles. The number of hydrogen-bond donors (Lipinski definition) is 2. The molecule has 0 spiro atoms. The van der Waals surface area contributed by atoms with Crippen LogP contribution in [0.25, 0.3) is 0 Å². The van der Waals surface area contributed by atoms with Crippen molar-refractivity contribution in [3.63, 3.8) is 0 Å². The summed E-state index contributed by atoms with van der Waals surface area (Å²) in [6.07, 6.45) is 3.89. The first-order chi connectivity index (χ1) is 10.1. The first-order valence-electron chi connectivity index (χ1n) is 7.93. The van der Waals surface area contributed by atoms with E-state index in [-0.39, 0.29) is 5.91 Å². The lowest BCUT2D eigenvalue weighted by Crippen LogP contribution is -2.36. The van der Waals surface area contributed by atoms with Crippen molar-refractivity contribution in [2.45, 2.75) is 51.7 Å². The van der Waals surface area contributed by atoms with E-state index in [4.69, 9.17) is 4.74 Å². The van der Waals surface area contributed by atoms with Gasteiger partial charge in [-0.1, -0.05) is 13.8 Å². The van der Waals surface area contributed by atoms with E-state index in [9.17, 15) is 4.79 Å². The van der Waals surface area contributed by atoms with Gasteiger partial charge < -0.3 is 15.4 Å². The van der Waals surface area contributed by atoms with E-state index >= 15 is 0 Å². The highest BCUT2D eigenvalue weighted by molar-refractivity contribution is 5.94. The Morgan fingerprint density at radius 3 is 3.00 bits per heavy atom. The van der Waals surface area contributed by atoms with E-state index in [0.29, 0.717) is 24.5 Å². The van der Waals surface area contributed by atoms with Crippen LogP contribution in [0.2, 0.25) is 0 Å². The normalized spacial score (nSPS) is 25.4. The minimum Gasteiger partial charge on any atom is -0.382 e. The molecule has 1 fully saturated rings. The van der Waals surface area contributed by atoms with E-state index in [0.717, 1.165) is 37.2 Å². The van der Waals surface area contributed by atoms with Crippen LogP contribution in [-0.4, -0.2) is 24.7 Å². The summed E-state index contributed by atoms with van der Waals surface area (Å²) in [5.74, 6) is 0.681. The Morgan fingerprint density at radius 2 is 2.19 bits per heavy atom. The lowest BCUT2D eigenvalue weighted by atomic mass is 9.95. The fraction of sp³-hybridized carbons (Fsp3) is 0.588. The highest BCUT2D eigenvalue weighted by Crippen LogP contribution is 2.28. The highest BCUT2D eigenvalue weighted by Gasteiger charge is 2.25. The molecule has 4 heteroatoms. The number of rotatable bonds is 3. The molecule has 2 N–H and O–H groups in total. The second-order valence-electron chi connectivity index (χ2n) is 6.44. The highest BCUT2D eigenvalue weighted by atomic mass is 16.5. The fourth-order valence-electron chi connectivity index (χ4n) is 3.13. The van der Waals surface area contributed by atoms with Crippen molar-refractivity contribution in [2.75, 3.05) is 17.2 Å². The Bertz CT molecular complexity index is 528. The summed E-state index contributed by atoms with van der Waals surface area (Å²) in [5, 5.41) is 6.56. The average molecular weight is 288 g/mol. The van der Waals surface area contributed by atoms with Gasteiger partial charge in [0.1, 0.15) is 0 Å². The Labute approximate surface area is 126 Å². The molecule has 2 aliphatic heterocycles. The van der Waals surface area contributed by atoms with Gasteiger partial charge in [0.25, 0.3) is 0 Å². The van der Waals surface area contributed by atoms with Gasteiger partial charge in [0.2, 0.25) is 5.91 Å². The van der Waals surface area contributed by atoms with Crippen LogP contribution in [0.3, 0.4) is 0 Å². The number of carbonyl (C=O) groups excluding carboxylic acids is 1. The van der Waals surface area contributed by atoms with Crippen LogP contribution in [0.4, 0.5) is 11.4 Å². The number of nitrogens with one attached hydrogen (secondary N) is 2. The number of hydrogen-bond acceptors (Lipinski definition) is 3. The lowest BCUT2D eigenvalue weighted by molar-refractivity contribution is -0.116. The Kier molecular flexibility index (Phi) is 4.15. The Morgan fingerprint density at radius 1 is 1.33 bits per heavy atom. The van der Waals surface area contributed by atoms with Crippen LogP contribution in [0, 0.1) is 5.92 Å². The molecule has 0 bridgehead atoms. The van der Waals surface area contributed by atoms with Crippen molar-refractivity contribution >= 4 is 17.3 Å². The Hall–Kier alpha value is -1.55. The maximum atomic E-state index is 11.4. The molecule has 0 aromatic heterocycles. The number of amides is 1. The zero-order chi connectivity index (χ0) is 14.8. The van der Waals surface area contributed by atoms with Crippen LogP contribution in [0.15, 0.2) is 18.2 Å². The summed E-state index contributed by atoms with van der Waals surface area (Å²) in [4.78, 5) is 11.4. The van der Waals surface area contributed by atoms with Crippen LogP contribution < -0.4 is 10.6 Å². The smallest absolute Gasteiger partial charge is 0.224 e. The minimum atomic E-state index is 0.118. The van der Waals surface area contributed by atoms with Crippen molar-refractivity contribution in [3.8, 4) is 0 Å². The Balaban J connectivity index is 1.66. The summed E-state index contributed by atoms with van der Waals surface area (Å²) in [6.45, 7) is 5.27. The van der Waals surface area contributed by atoms with Gasteiger partial charge in [-0.05, 0) is 48.9 Å². The van der Waals surface area contributed by atoms with Crippen molar-refractivity contribution < 1.29 is 9.53 Å². The van der Waals surface area contributed by atoms with Crippen LogP contribution >= 0.6 is 0 Å². The first kappa shape index (κ1) is 14.4. The number of benzene rings is 1. The van der Waals surface area contributed by atoms with Crippen molar-refractivity contribution in [1.82, 2.24) is 0 Å². The number of anilines is 2. The molecule has 0 radical (unpaired) electrons. The molecule has 1 aromatic carbocycles. The molecule has 2 heterocycles. The maximum Gasteiger partial charge on any atom is 0.224 e. The van der Waals surface area contributed by atoms with Gasteiger partial charge in [-0.2, -0.15) is 0 Å². The third-order valence-corrected chi connectivity index (χ3v) is 4.43. The summed E-state index contributed by atoms with van der Waals surface area (Å²) < 4.78 is 5.82. The van der Waals surface area contributed by atoms with E-state index in [1.807, 2.05) is 6.07 Å². The number of aryl methyl sites for hydroxylation is 1. The number of carbonyl (C=O) groups is 1. The molecule has 0 aliphatic carbocycles. The van der Waals surface area contributed by atoms with Crippen LogP contribution in [0.1, 0.15) is 38.7 Å². The van der Waals surface area contributed by atoms with Gasteiger partial charge in [-0.25, -0.2) is 0 Å². The zero-order valence-electron chi connectivity index (χ0n) is 12.8. The second-order valence-corrected chi connectivity index (χ2v) is 6.44. The SMILES string of the molecule is CC(C)C1CC(Nc2ccc3c(c2)CCC(=O)N3)CCO1. The average Bonchev–Trinajstić information content (AvgIpc) is 2.48. The van der Waals surface area contributed by atoms with Crippen LogP contribution in [0.5, 0.6) is 0 Å². The molecule has 2 atom stereocenters. The van der Waals surface area contributed by atoms with Gasteiger partial charge in [0, 0.05) is 30.4 Å². The van der Waals surface area contributed by atoms with Gasteiger partial charge in [0.15, 0.2) is 0 Å². The lowest BCUT2D eigenvalue weighted by Gasteiger charge is -2.33. The van der Waals surface area contributed by atoms with Crippen molar-refractivity contribution in [3.05, 3.63) is 23.8 Å². The van der Waals surface area contributed by atoms with Gasteiger partial charge in [-0.15, -0.1) is 0 Å². The second kappa shape index (κ2) is 6.06. The molecule has 2 unspecified atom stereocenters. The quantitative estimate of drug-likeness (QED) is 0.898. The van der Waals surface area contributed by atoms with Gasteiger partial charge >= 0.3 is 0 Å². The first-order valence-corrected chi connectivity index (χ1v) is 7.93. The van der Waals surface area contributed by atoms with E-state index in [1.54, 1.807) is 0 Å². The molecule has 3 rings (SSSR count). The van der Waals surface area contributed by atoms with Gasteiger partial charge in [0.05, 0.1) is 6.10 Å². The summed E-state index contributed by atoms with van der Waals surface area (Å²) in [6, 6.07) is 6.72. The number of fused-ring (bicyclic) bond motifs is 1. The maximum absolute atomic E-state index is 11.4. The largest absolute Gasteiger partial charge is 0.382 e. The molecule has 1 amide bonds. The summed E-state index contributed by atoms with van der Waals surface area (Å²) >= 11 is 0. The molecule has 0 saturated carbocycles. The molecule has 4 nitrogen and oxygen atoms in total. The third kappa shape index (κ3) is 3.38. The fourth-order valence-corrected chi connectivity index (χ4v) is 3.13. The van der Waals surface area contributed by atoms with E-state index in [1.165, 1.54) is 5.56 Å². The van der Waals surface area contributed by atoms with Crippen molar-refractivity contribution in [1.29, 1.82) is 0 Å². The molecular formula is C17H24N2O2. The molecule has 21 heavy (non-hydrogen) atoms. The molecule has 114 valence electrons. The zero-order valence-corrected chi connectivity index (χ0v) is 12.8. The van der Waals surface area contributed by atoms with Gasteiger partial charge in [-0.3, -0.25) is 4.79 Å². The van der Waals surface area contributed by atoms with E-state index < -0.39 is 0 Å². The minimum absolute atomic E-state index is 0.118. The molecule has 2 aliphatic rings. The van der Waals surface area contributed by atoms with Crippen LogP contribution in [-0.2, 0) is 16.0 Å². The molecular weight excluding hydrogens is 264 g/mol. The van der Waals surface area contributed by atoms with E-state index in [2.05, 4.69) is 36.6 Å². The molecule has 1 aromatic rings. The third-order valence-electron chi connectivity index (χ3n) is 4.43. The monoisotopic (exact) mass is 288 g/mol. The topological polar surface area (TPSA) is 50.4 Å². The predicted octanol–water partition coefficient (Wildman–Crippen LogP) is 3.19. The van der Waals surface area contributed by atoms with Crippen molar-refractivity contribution in [2.24, 2.45) is 5.92 Å². The standard InChI is InChI=1S/C17H24N2O2/c1-11(2)16-10-14(7-8-21-16)18-13-4-5-15-12(9-13)3-6-17(20)19-15/h4-5,9,11,14,16,18H,3,6-8,10H2,1-2H3,(H,19,20). The number of ether oxygens (including phenoxy) is 1. The predicted molar refractivity (Wildman–Crippen MR) is 84.6 cm³/mol.